The summed E-state index contributed by atoms with van der Waals surface area (Å²) < 4.78 is 11.4. The highest BCUT2D eigenvalue weighted by molar-refractivity contribution is 5.68. The van der Waals surface area contributed by atoms with Crippen LogP contribution >= 0.6 is 0 Å². The molecule has 3 fully saturated rings. The molecule has 24 heavy (non-hydrogen) atoms. The molecule has 1 N–H and O–H groups in total. The molecule has 0 aromatic carbocycles. The van der Waals surface area contributed by atoms with Gasteiger partial charge in [0.2, 0.25) is 0 Å². The predicted octanol–water partition coefficient (Wildman–Crippen LogP) is 3.32. The third kappa shape index (κ3) is 4.63. The van der Waals surface area contributed by atoms with Crippen molar-refractivity contribution < 1.29 is 14.3 Å². The van der Waals surface area contributed by atoms with E-state index in [9.17, 15) is 4.79 Å². The Labute approximate surface area is 146 Å². The monoisotopic (exact) mass is 338 g/mol. The summed E-state index contributed by atoms with van der Waals surface area (Å²) >= 11 is 0. The number of hydrogen-bond acceptors (Lipinski definition) is 4. The van der Waals surface area contributed by atoms with Crippen LogP contribution < -0.4 is 5.32 Å². The first-order valence-electron chi connectivity index (χ1n) is 9.78. The van der Waals surface area contributed by atoms with Gasteiger partial charge in [0.05, 0.1) is 6.10 Å². The lowest BCUT2D eigenvalue weighted by molar-refractivity contribution is 0.0255. The first kappa shape index (κ1) is 18.0. The Morgan fingerprint density at radius 2 is 1.92 bits per heavy atom. The van der Waals surface area contributed by atoms with Crippen LogP contribution in [0.2, 0.25) is 0 Å². The average molecular weight is 338 g/mol. The van der Waals surface area contributed by atoms with Crippen molar-refractivity contribution in [3.8, 4) is 0 Å². The lowest BCUT2D eigenvalue weighted by atomic mass is 9.81. The topological polar surface area (TPSA) is 50.8 Å². The fraction of sp³-hybridized carbons (Fsp3) is 0.947. The van der Waals surface area contributed by atoms with Gasteiger partial charge in [0.1, 0.15) is 5.60 Å². The van der Waals surface area contributed by atoms with E-state index in [0.717, 1.165) is 39.0 Å². The van der Waals surface area contributed by atoms with Gasteiger partial charge in [0, 0.05) is 37.7 Å². The van der Waals surface area contributed by atoms with Gasteiger partial charge in [-0.15, -0.1) is 0 Å². The number of amides is 1. The number of carbonyl (C=O) groups excluding carboxylic acids is 1. The van der Waals surface area contributed by atoms with Crippen molar-refractivity contribution in [1.82, 2.24) is 10.2 Å². The van der Waals surface area contributed by atoms with Gasteiger partial charge in [-0.1, -0.05) is 0 Å². The number of fused-ring (bicyclic) bond motifs is 1. The van der Waals surface area contributed by atoms with E-state index < -0.39 is 5.60 Å². The number of carbonyl (C=O) groups is 1. The molecule has 138 valence electrons. The molecule has 2 heterocycles. The molecule has 2 aliphatic heterocycles. The maximum atomic E-state index is 12.3. The number of nitrogens with zero attached hydrogens (tertiary/aromatic N) is 1. The molecular weight excluding hydrogens is 304 g/mol. The molecule has 2 saturated heterocycles. The molecule has 1 amide bonds. The quantitative estimate of drug-likeness (QED) is 0.839. The molecule has 5 heteroatoms. The maximum Gasteiger partial charge on any atom is 0.410 e. The number of likely N-dealkylation sites (tertiary alicyclic amines) is 1. The summed E-state index contributed by atoms with van der Waals surface area (Å²) in [5, 5.41) is 3.92. The predicted molar refractivity (Wildman–Crippen MR) is 94.1 cm³/mol. The molecule has 0 aromatic rings. The smallest absolute Gasteiger partial charge is 0.410 e. The summed E-state index contributed by atoms with van der Waals surface area (Å²) in [6.07, 6.45) is 8.53. The second-order valence-electron chi connectivity index (χ2n) is 8.66. The van der Waals surface area contributed by atoms with E-state index in [1.165, 1.54) is 25.7 Å². The van der Waals surface area contributed by atoms with Crippen molar-refractivity contribution in [2.75, 3.05) is 19.7 Å². The zero-order chi connectivity index (χ0) is 17.2. The largest absolute Gasteiger partial charge is 0.444 e. The standard InChI is InChI=1S/C19H34N2O3/c1-19(2,3)24-18(22)21-11-5-6-14(9-12-21)20-16-7-4-8-17-15(16)10-13-23-17/h14-17,20H,4-13H2,1-3H3/t14-,15-,16+,17-/m0/s1. The summed E-state index contributed by atoms with van der Waals surface area (Å²) in [5.74, 6) is 0.698. The molecule has 4 atom stereocenters. The second kappa shape index (κ2) is 7.61. The van der Waals surface area contributed by atoms with E-state index in [2.05, 4.69) is 5.32 Å². The van der Waals surface area contributed by atoms with E-state index in [-0.39, 0.29) is 6.09 Å². The highest BCUT2D eigenvalue weighted by Crippen LogP contribution is 2.35. The molecule has 5 nitrogen and oxygen atoms in total. The summed E-state index contributed by atoms with van der Waals surface area (Å²) in [7, 11) is 0. The SMILES string of the molecule is CC(C)(C)OC(=O)N1CCC[C@H](N[C@@H]2CCC[C@@H]3OCC[C@H]32)CC1. The maximum absolute atomic E-state index is 12.3. The lowest BCUT2D eigenvalue weighted by Gasteiger charge is -2.36. The van der Waals surface area contributed by atoms with Gasteiger partial charge in [-0.05, 0) is 65.7 Å². The van der Waals surface area contributed by atoms with Crippen LogP contribution in [0.25, 0.3) is 0 Å². The van der Waals surface area contributed by atoms with Crippen LogP contribution in [-0.2, 0) is 9.47 Å². The Morgan fingerprint density at radius 1 is 1.08 bits per heavy atom. The van der Waals surface area contributed by atoms with Gasteiger partial charge >= 0.3 is 6.09 Å². The summed E-state index contributed by atoms with van der Waals surface area (Å²) in [6, 6.07) is 1.12. The fourth-order valence-corrected chi connectivity index (χ4v) is 4.46. The van der Waals surface area contributed by atoms with E-state index in [0.29, 0.717) is 24.1 Å². The number of ether oxygens (including phenoxy) is 2. The Balaban J connectivity index is 1.49. The number of hydrogen-bond donors (Lipinski definition) is 1. The van der Waals surface area contributed by atoms with E-state index in [1.54, 1.807) is 0 Å². The van der Waals surface area contributed by atoms with E-state index in [1.807, 2.05) is 25.7 Å². The minimum atomic E-state index is -0.416. The van der Waals surface area contributed by atoms with Crippen molar-refractivity contribution in [3.63, 3.8) is 0 Å². The first-order valence-corrected chi connectivity index (χ1v) is 9.78. The highest BCUT2D eigenvalue weighted by Gasteiger charge is 2.38. The van der Waals surface area contributed by atoms with Crippen LogP contribution in [0.15, 0.2) is 0 Å². The van der Waals surface area contributed by atoms with Gasteiger partial charge in [-0.25, -0.2) is 4.79 Å². The lowest BCUT2D eigenvalue weighted by Crippen LogP contribution is -2.47. The first-order chi connectivity index (χ1) is 11.4. The Kier molecular flexibility index (Phi) is 5.70. The Bertz CT molecular complexity index is 435. The minimum Gasteiger partial charge on any atom is -0.444 e. The van der Waals surface area contributed by atoms with Crippen LogP contribution in [0.1, 0.15) is 65.7 Å². The van der Waals surface area contributed by atoms with Crippen LogP contribution in [0.5, 0.6) is 0 Å². The minimum absolute atomic E-state index is 0.162. The van der Waals surface area contributed by atoms with Gasteiger partial charge in [-0.3, -0.25) is 0 Å². The van der Waals surface area contributed by atoms with Gasteiger partial charge < -0.3 is 19.7 Å². The molecular formula is C19H34N2O3. The second-order valence-corrected chi connectivity index (χ2v) is 8.66. The van der Waals surface area contributed by atoms with Gasteiger partial charge in [-0.2, -0.15) is 0 Å². The zero-order valence-electron chi connectivity index (χ0n) is 15.6. The normalized spacial score (nSPS) is 34.5. The van der Waals surface area contributed by atoms with Crippen molar-refractivity contribution in [2.45, 2.75) is 89.5 Å². The van der Waals surface area contributed by atoms with Gasteiger partial charge in [0.25, 0.3) is 0 Å². The average Bonchev–Trinajstić information content (AvgIpc) is 2.86. The zero-order valence-corrected chi connectivity index (χ0v) is 15.6. The molecule has 0 bridgehead atoms. The van der Waals surface area contributed by atoms with Crippen LogP contribution in [0.3, 0.4) is 0 Å². The molecule has 0 unspecified atom stereocenters. The molecule has 0 radical (unpaired) electrons. The molecule has 1 saturated carbocycles. The highest BCUT2D eigenvalue weighted by atomic mass is 16.6. The third-order valence-corrected chi connectivity index (χ3v) is 5.61. The van der Waals surface area contributed by atoms with Crippen molar-refractivity contribution in [3.05, 3.63) is 0 Å². The molecule has 0 spiro atoms. The third-order valence-electron chi connectivity index (χ3n) is 5.61. The van der Waals surface area contributed by atoms with Gasteiger partial charge in [0.15, 0.2) is 0 Å². The van der Waals surface area contributed by atoms with Crippen molar-refractivity contribution in [2.24, 2.45) is 5.92 Å². The Hall–Kier alpha value is -0.810. The van der Waals surface area contributed by atoms with Crippen LogP contribution in [0.4, 0.5) is 4.79 Å². The molecule has 3 rings (SSSR count). The van der Waals surface area contributed by atoms with E-state index in [4.69, 9.17) is 9.47 Å². The molecule has 1 aliphatic carbocycles. The summed E-state index contributed by atoms with van der Waals surface area (Å²) in [5.41, 5.74) is -0.416. The fourth-order valence-electron chi connectivity index (χ4n) is 4.46. The summed E-state index contributed by atoms with van der Waals surface area (Å²) in [6.45, 7) is 8.32. The van der Waals surface area contributed by atoms with Crippen molar-refractivity contribution >= 4 is 6.09 Å². The van der Waals surface area contributed by atoms with Crippen LogP contribution in [0, 0.1) is 5.92 Å². The van der Waals surface area contributed by atoms with Crippen molar-refractivity contribution in [1.29, 1.82) is 0 Å². The molecule has 0 aromatic heterocycles. The molecule has 3 aliphatic rings. The Morgan fingerprint density at radius 3 is 2.71 bits per heavy atom. The summed E-state index contributed by atoms with van der Waals surface area (Å²) in [4.78, 5) is 14.2. The number of nitrogens with one attached hydrogen (secondary N) is 1. The number of rotatable bonds is 2. The van der Waals surface area contributed by atoms with Crippen LogP contribution in [-0.4, -0.2) is 54.5 Å². The van der Waals surface area contributed by atoms with E-state index >= 15 is 0 Å².